The molecule has 0 unspecified atom stereocenters. The normalized spacial score (nSPS) is 13.9. The van der Waals surface area contributed by atoms with Crippen LogP contribution in [0.5, 0.6) is 0 Å². The molecule has 1 N–H and O–H groups in total. The summed E-state index contributed by atoms with van der Waals surface area (Å²) in [5.41, 5.74) is 4.50. The number of halogens is 4. The maximum absolute atomic E-state index is 13.7. The molecule has 0 bridgehead atoms. The van der Waals surface area contributed by atoms with Crippen LogP contribution < -0.4 is 5.32 Å². The first-order valence-electron chi connectivity index (χ1n) is 11.4. The quantitative estimate of drug-likeness (QED) is 0.277. The van der Waals surface area contributed by atoms with Crippen LogP contribution in [0.2, 0.25) is 15.2 Å². The average molecular weight is 544 g/mol. The highest BCUT2D eigenvalue weighted by molar-refractivity contribution is 6.31. The van der Waals surface area contributed by atoms with Gasteiger partial charge >= 0.3 is 6.03 Å². The molecule has 5 nitrogen and oxygen atoms in total. The molecule has 9 heteroatoms. The number of carbonyl (C=O) groups is 1. The fraction of sp³-hybridized carbons (Fsp3) is 0.185. The molecule has 1 amide bonds. The van der Waals surface area contributed by atoms with E-state index < -0.39 is 5.82 Å². The van der Waals surface area contributed by atoms with E-state index in [4.69, 9.17) is 34.8 Å². The largest absolute Gasteiger partial charge is 0.333 e. The fourth-order valence-electron chi connectivity index (χ4n) is 4.54. The molecule has 0 saturated carbocycles. The second kappa shape index (κ2) is 10.6. The molecular formula is C27H22Cl3FN4O. The molecule has 5 rings (SSSR count). The summed E-state index contributed by atoms with van der Waals surface area (Å²) in [7, 11) is 0. The van der Waals surface area contributed by atoms with Gasteiger partial charge in [0, 0.05) is 54.9 Å². The van der Waals surface area contributed by atoms with Crippen molar-refractivity contribution in [3.63, 3.8) is 0 Å². The third-order valence-electron chi connectivity index (χ3n) is 6.25. The summed E-state index contributed by atoms with van der Waals surface area (Å²) in [6.45, 7) is 2.49. The standard InChI is InChI=1S/C27H22Cl3FN4O/c28-19-4-5-20-21-16-34(10-1-2-17-3-6-22(29)23(31)12-17)11-8-24(21)35(25(20)14-19)27(36)33-15-18-7-9-32-26(30)13-18/h1-7,9,12-14H,8,10-11,15-16H2,(H,33,36). The highest BCUT2D eigenvalue weighted by Crippen LogP contribution is 2.32. The van der Waals surface area contributed by atoms with Gasteiger partial charge in [0.25, 0.3) is 0 Å². The van der Waals surface area contributed by atoms with E-state index in [1.807, 2.05) is 36.4 Å². The van der Waals surface area contributed by atoms with Gasteiger partial charge in [-0.3, -0.25) is 9.47 Å². The number of pyridine rings is 1. The van der Waals surface area contributed by atoms with Crippen LogP contribution in [-0.2, 0) is 19.5 Å². The molecule has 4 aromatic rings. The van der Waals surface area contributed by atoms with Crippen molar-refractivity contribution < 1.29 is 9.18 Å². The van der Waals surface area contributed by atoms with Gasteiger partial charge in [0.2, 0.25) is 0 Å². The Morgan fingerprint density at radius 3 is 2.78 bits per heavy atom. The van der Waals surface area contributed by atoms with Gasteiger partial charge in [-0.2, -0.15) is 0 Å². The summed E-state index contributed by atoms with van der Waals surface area (Å²) in [5.74, 6) is -0.432. The van der Waals surface area contributed by atoms with E-state index in [-0.39, 0.29) is 11.1 Å². The molecule has 1 aliphatic heterocycles. The van der Waals surface area contributed by atoms with Crippen LogP contribution in [0.4, 0.5) is 9.18 Å². The maximum atomic E-state index is 13.7. The Kier molecular flexibility index (Phi) is 7.30. The molecule has 3 heterocycles. The van der Waals surface area contributed by atoms with Crippen molar-refractivity contribution in [3.8, 4) is 0 Å². The van der Waals surface area contributed by atoms with E-state index in [0.717, 1.165) is 39.8 Å². The molecule has 2 aromatic carbocycles. The zero-order valence-corrected chi connectivity index (χ0v) is 21.4. The first kappa shape index (κ1) is 24.8. The Morgan fingerprint density at radius 1 is 1.11 bits per heavy atom. The third kappa shape index (κ3) is 5.27. The lowest BCUT2D eigenvalue weighted by atomic mass is 10.0. The van der Waals surface area contributed by atoms with Crippen LogP contribution in [0, 0.1) is 5.82 Å². The number of benzene rings is 2. The van der Waals surface area contributed by atoms with Gasteiger partial charge in [-0.15, -0.1) is 0 Å². The molecule has 0 fully saturated rings. The van der Waals surface area contributed by atoms with Crippen molar-refractivity contribution in [1.29, 1.82) is 0 Å². The van der Waals surface area contributed by atoms with Crippen LogP contribution in [-0.4, -0.2) is 33.6 Å². The number of rotatable bonds is 5. The van der Waals surface area contributed by atoms with Crippen molar-refractivity contribution in [2.45, 2.75) is 19.5 Å². The van der Waals surface area contributed by atoms with Gasteiger partial charge in [-0.25, -0.2) is 14.2 Å². The summed E-state index contributed by atoms with van der Waals surface area (Å²) < 4.78 is 15.4. The number of nitrogens with one attached hydrogen (secondary N) is 1. The van der Waals surface area contributed by atoms with Crippen LogP contribution in [0.15, 0.2) is 60.8 Å². The molecular weight excluding hydrogens is 522 g/mol. The highest BCUT2D eigenvalue weighted by atomic mass is 35.5. The van der Waals surface area contributed by atoms with E-state index in [1.165, 1.54) is 6.07 Å². The average Bonchev–Trinajstić information content (AvgIpc) is 3.17. The molecule has 2 aromatic heterocycles. The predicted octanol–water partition coefficient (Wildman–Crippen LogP) is 6.97. The lowest BCUT2D eigenvalue weighted by Gasteiger charge is -2.27. The van der Waals surface area contributed by atoms with Crippen molar-refractivity contribution in [2.75, 3.05) is 13.1 Å². The molecule has 184 valence electrons. The second-order valence-electron chi connectivity index (χ2n) is 8.63. The van der Waals surface area contributed by atoms with Gasteiger partial charge in [0.15, 0.2) is 0 Å². The number of hydrogen-bond acceptors (Lipinski definition) is 3. The van der Waals surface area contributed by atoms with Gasteiger partial charge in [-0.1, -0.05) is 59.1 Å². The minimum absolute atomic E-state index is 0.112. The zero-order chi connectivity index (χ0) is 25.2. The van der Waals surface area contributed by atoms with Gasteiger partial charge in [0.05, 0.1) is 10.5 Å². The van der Waals surface area contributed by atoms with Gasteiger partial charge in [0.1, 0.15) is 11.0 Å². The summed E-state index contributed by atoms with van der Waals surface area (Å²) in [4.78, 5) is 19.6. The van der Waals surface area contributed by atoms with Crippen molar-refractivity contribution in [2.24, 2.45) is 0 Å². The zero-order valence-electron chi connectivity index (χ0n) is 19.1. The number of hydrogen-bond donors (Lipinski definition) is 1. The Hall–Kier alpha value is -2.90. The van der Waals surface area contributed by atoms with Crippen LogP contribution in [0.3, 0.4) is 0 Å². The molecule has 0 radical (unpaired) electrons. The molecule has 0 spiro atoms. The molecule has 0 atom stereocenters. The number of nitrogens with zero attached hydrogens (tertiary/aromatic N) is 3. The molecule has 36 heavy (non-hydrogen) atoms. The monoisotopic (exact) mass is 542 g/mol. The van der Waals surface area contributed by atoms with Crippen molar-refractivity contribution in [1.82, 2.24) is 19.8 Å². The van der Waals surface area contributed by atoms with Crippen molar-refractivity contribution in [3.05, 3.63) is 104 Å². The Balaban J connectivity index is 1.36. The van der Waals surface area contributed by atoms with E-state index in [9.17, 15) is 9.18 Å². The Bertz CT molecular complexity index is 1480. The Morgan fingerprint density at radius 2 is 1.97 bits per heavy atom. The van der Waals surface area contributed by atoms with Gasteiger partial charge in [-0.05, 0) is 53.1 Å². The lowest BCUT2D eigenvalue weighted by Crippen LogP contribution is -2.34. The molecule has 0 aliphatic carbocycles. The second-order valence-corrected chi connectivity index (χ2v) is 9.86. The number of fused-ring (bicyclic) bond motifs is 3. The Labute approximate surface area is 223 Å². The number of carbonyl (C=O) groups excluding carboxylic acids is 1. The number of amides is 1. The minimum Gasteiger partial charge on any atom is -0.333 e. The van der Waals surface area contributed by atoms with E-state index in [2.05, 4.69) is 15.2 Å². The van der Waals surface area contributed by atoms with Crippen molar-refractivity contribution >= 4 is 57.8 Å². The fourth-order valence-corrected chi connectivity index (χ4v) is 5.02. The van der Waals surface area contributed by atoms with E-state index >= 15 is 0 Å². The maximum Gasteiger partial charge on any atom is 0.326 e. The van der Waals surface area contributed by atoms with E-state index in [0.29, 0.717) is 36.2 Å². The highest BCUT2D eigenvalue weighted by Gasteiger charge is 2.26. The minimum atomic E-state index is -0.432. The lowest BCUT2D eigenvalue weighted by molar-refractivity contribution is 0.240. The summed E-state index contributed by atoms with van der Waals surface area (Å²) in [6, 6.07) is 13.7. The van der Waals surface area contributed by atoms with E-state index in [1.54, 1.807) is 29.0 Å². The molecule has 1 aliphatic rings. The molecule has 0 saturated heterocycles. The van der Waals surface area contributed by atoms with Gasteiger partial charge < -0.3 is 5.32 Å². The van der Waals surface area contributed by atoms with Crippen LogP contribution in [0.1, 0.15) is 22.4 Å². The third-order valence-corrected chi connectivity index (χ3v) is 6.99. The topological polar surface area (TPSA) is 50.2 Å². The van der Waals surface area contributed by atoms with Crippen LogP contribution in [0.25, 0.3) is 17.0 Å². The predicted molar refractivity (Wildman–Crippen MR) is 143 cm³/mol. The first-order valence-corrected chi connectivity index (χ1v) is 12.6. The smallest absolute Gasteiger partial charge is 0.326 e. The summed E-state index contributed by atoms with van der Waals surface area (Å²) >= 11 is 18.0. The SMILES string of the molecule is O=C(NCc1ccnc(Cl)c1)n1c2c(c3ccc(Cl)cc31)CN(CC=Cc1ccc(Cl)c(F)c1)CC2. The van der Waals surface area contributed by atoms with Crippen LogP contribution >= 0.6 is 34.8 Å². The summed E-state index contributed by atoms with van der Waals surface area (Å²) in [6.07, 6.45) is 6.22. The summed E-state index contributed by atoms with van der Waals surface area (Å²) in [5, 5.41) is 5.06. The first-order chi connectivity index (χ1) is 17.4. The number of aromatic nitrogens is 2.